The second kappa shape index (κ2) is 10.8. The quantitative estimate of drug-likeness (QED) is 0.320. The first kappa shape index (κ1) is 27.1. The molecule has 38 heavy (non-hydrogen) atoms. The van der Waals surface area contributed by atoms with Gasteiger partial charge in [-0.3, -0.25) is 18.5 Å². The number of hydrogen-bond acceptors (Lipinski definition) is 7. The van der Waals surface area contributed by atoms with Crippen LogP contribution in [0, 0.1) is 0 Å². The summed E-state index contributed by atoms with van der Waals surface area (Å²) in [7, 11) is 2.83. The Hall–Kier alpha value is -3.90. The monoisotopic (exact) mass is 550 g/mol. The first-order chi connectivity index (χ1) is 18.0. The van der Waals surface area contributed by atoms with Crippen LogP contribution in [0.5, 0.6) is 23.3 Å². The summed E-state index contributed by atoms with van der Waals surface area (Å²) < 4.78 is 46.6. The zero-order valence-electron chi connectivity index (χ0n) is 20.8. The maximum atomic E-state index is 13.5. The Morgan fingerprint density at radius 2 is 1.79 bits per heavy atom. The van der Waals surface area contributed by atoms with Crippen molar-refractivity contribution in [3.05, 3.63) is 73.9 Å². The zero-order chi connectivity index (χ0) is 27.6. The molecule has 0 bridgehead atoms. The number of halogens is 3. The average molecular weight is 551 g/mol. The topological polar surface area (TPSA) is 110 Å². The molecule has 4 aromatic rings. The third-order valence-corrected chi connectivity index (χ3v) is 5.88. The number of ether oxygens (including phenoxy) is 3. The molecule has 0 radical (unpaired) electrons. The molecule has 2 heterocycles. The Labute approximate surface area is 220 Å². The highest BCUT2D eigenvalue weighted by Crippen LogP contribution is 2.37. The lowest BCUT2D eigenvalue weighted by Crippen LogP contribution is -2.39. The third kappa shape index (κ3) is 5.65. The molecule has 2 aromatic heterocycles. The Balaban J connectivity index is 1.92. The van der Waals surface area contributed by atoms with E-state index in [1.807, 2.05) is 0 Å². The summed E-state index contributed by atoms with van der Waals surface area (Å²) in [6.07, 6.45) is -3.24. The number of fused-ring (bicyclic) bond motifs is 1. The first-order valence-corrected chi connectivity index (χ1v) is 11.9. The first-order valence-electron chi connectivity index (χ1n) is 11.5. The van der Waals surface area contributed by atoms with Gasteiger partial charge in [-0.15, -0.1) is 0 Å². The fourth-order valence-corrected chi connectivity index (χ4v) is 4.01. The molecule has 0 aliphatic rings. The number of rotatable bonds is 10. The molecule has 202 valence electrons. The summed E-state index contributed by atoms with van der Waals surface area (Å²) in [5, 5.41) is 9.75. The van der Waals surface area contributed by atoms with Crippen molar-refractivity contribution in [1.29, 1.82) is 0 Å². The molecule has 4 rings (SSSR count). The lowest BCUT2D eigenvalue weighted by atomic mass is 10.2. The average Bonchev–Trinajstić information content (AvgIpc) is 3.21. The normalized spacial score (nSPS) is 11.7. The van der Waals surface area contributed by atoms with Crippen LogP contribution in [0.15, 0.2) is 52.1 Å². The molecule has 1 N–H and O–H groups in total. The number of hydrogen-bond donors (Lipinski definition) is 1. The molecule has 0 atom stereocenters. The van der Waals surface area contributed by atoms with Crippen molar-refractivity contribution in [3.63, 3.8) is 0 Å². The van der Waals surface area contributed by atoms with Crippen LogP contribution in [-0.4, -0.2) is 43.6 Å². The van der Waals surface area contributed by atoms with E-state index in [0.717, 1.165) is 10.1 Å². The minimum atomic E-state index is -3.44. The van der Waals surface area contributed by atoms with Crippen molar-refractivity contribution in [1.82, 2.24) is 18.7 Å². The summed E-state index contributed by atoms with van der Waals surface area (Å²) in [5.41, 5.74) is -0.375. The number of aliphatic hydroxyl groups excluding tert-OH is 1. The van der Waals surface area contributed by atoms with E-state index in [-0.39, 0.29) is 60.5 Å². The molecule has 0 saturated carbocycles. The SMILES string of the molecule is COc1ccc(OC(C)(F)F)cc1Oc1nc2c(c(=O)n(CCCO)c(=O)n2C)n1Cc1ccc(Cl)cc1. The van der Waals surface area contributed by atoms with Crippen LogP contribution in [0.1, 0.15) is 18.9 Å². The molecule has 0 unspecified atom stereocenters. The van der Waals surface area contributed by atoms with Gasteiger partial charge in [0.25, 0.3) is 5.56 Å². The summed E-state index contributed by atoms with van der Waals surface area (Å²) in [6.45, 7) is 0.493. The van der Waals surface area contributed by atoms with Gasteiger partial charge in [0, 0.05) is 38.2 Å². The highest BCUT2D eigenvalue weighted by atomic mass is 35.5. The van der Waals surface area contributed by atoms with E-state index in [2.05, 4.69) is 9.72 Å². The fraction of sp³-hybridized carbons (Fsp3) is 0.320. The van der Waals surface area contributed by atoms with Gasteiger partial charge in [-0.05, 0) is 36.2 Å². The predicted molar refractivity (Wildman–Crippen MR) is 136 cm³/mol. The molecule has 10 nitrogen and oxygen atoms in total. The lowest BCUT2D eigenvalue weighted by molar-refractivity contribution is -0.159. The van der Waals surface area contributed by atoms with Crippen molar-refractivity contribution in [2.24, 2.45) is 7.05 Å². The Morgan fingerprint density at radius 1 is 1.08 bits per heavy atom. The molecule has 0 aliphatic carbocycles. The van der Waals surface area contributed by atoms with Gasteiger partial charge >= 0.3 is 17.8 Å². The fourth-order valence-electron chi connectivity index (χ4n) is 3.88. The van der Waals surface area contributed by atoms with Crippen LogP contribution < -0.4 is 25.5 Å². The standard InChI is InChI=1S/C25H25ClF2N4O6/c1-25(27,28)38-17-9-10-18(36-3)19(13-17)37-23-29-21-20(32(23)14-15-5-7-16(26)8-6-15)22(34)31(11-4-12-33)24(35)30(21)2/h5-10,13,33H,4,11-12,14H2,1-3H3. The van der Waals surface area contributed by atoms with Gasteiger partial charge in [0.15, 0.2) is 22.7 Å². The summed E-state index contributed by atoms with van der Waals surface area (Å²) in [6, 6.07) is 10.7. The highest BCUT2D eigenvalue weighted by molar-refractivity contribution is 6.30. The van der Waals surface area contributed by atoms with Gasteiger partial charge in [-0.25, -0.2) is 4.79 Å². The number of aryl methyl sites for hydroxylation is 1. The Kier molecular flexibility index (Phi) is 7.74. The summed E-state index contributed by atoms with van der Waals surface area (Å²) in [4.78, 5) is 30.8. The van der Waals surface area contributed by atoms with E-state index in [1.165, 1.54) is 41.5 Å². The second-order valence-electron chi connectivity index (χ2n) is 8.48. The summed E-state index contributed by atoms with van der Waals surface area (Å²) in [5.74, 6) is -0.00365. The van der Waals surface area contributed by atoms with Crippen molar-refractivity contribution in [3.8, 4) is 23.3 Å². The zero-order valence-corrected chi connectivity index (χ0v) is 21.5. The van der Waals surface area contributed by atoms with E-state index in [9.17, 15) is 23.5 Å². The largest absolute Gasteiger partial charge is 0.493 e. The molecule has 0 spiro atoms. The molecule has 2 aromatic carbocycles. The molecule has 0 aliphatic heterocycles. The van der Waals surface area contributed by atoms with Crippen LogP contribution in [-0.2, 0) is 20.1 Å². The van der Waals surface area contributed by atoms with E-state index < -0.39 is 17.4 Å². The molecular weight excluding hydrogens is 526 g/mol. The number of aromatic nitrogens is 4. The van der Waals surface area contributed by atoms with Crippen LogP contribution >= 0.6 is 11.6 Å². The molecule has 13 heteroatoms. The molecule has 0 fully saturated rings. The number of imidazole rings is 1. The van der Waals surface area contributed by atoms with Crippen molar-refractivity contribution >= 4 is 22.8 Å². The number of alkyl halides is 2. The summed E-state index contributed by atoms with van der Waals surface area (Å²) >= 11 is 6.02. The Morgan fingerprint density at radius 3 is 2.42 bits per heavy atom. The van der Waals surface area contributed by atoms with Gasteiger partial charge in [0.2, 0.25) is 0 Å². The van der Waals surface area contributed by atoms with Gasteiger partial charge in [-0.2, -0.15) is 13.8 Å². The van der Waals surface area contributed by atoms with E-state index in [4.69, 9.17) is 21.1 Å². The van der Waals surface area contributed by atoms with E-state index >= 15 is 0 Å². The van der Waals surface area contributed by atoms with Crippen LogP contribution in [0.2, 0.25) is 5.02 Å². The lowest BCUT2D eigenvalue weighted by Gasteiger charge is -2.16. The number of methoxy groups -OCH3 is 1. The number of aliphatic hydroxyl groups is 1. The van der Waals surface area contributed by atoms with E-state index in [1.54, 1.807) is 24.3 Å². The second-order valence-corrected chi connectivity index (χ2v) is 8.92. The minimum absolute atomic E-state index is 0.00129. The Bertz CT molecular complexity index is 1570. The van der Waals surface area contributed by atoms with Gasteiger partial charge in [0.05, 0.1) is 13.7 Å². The van der Waals surface area contributed by atoms with Gasteiger partial charge in [0.1, 0.15) is 5.75 Å². The van der Waals surface area contributed by atoms with Crippen LogP contribution in [0.4, 0.5) is 8.78 Å². The van der Waals surface area contributed by atoms with Gasteiger partial charge in [-0.1, -0.05) is 23.7 Å². The van der Waals surface area contributed by atoms with Gasteiger partial charge < -0.3 is 19.3 Å². The maximum absolute atomic E-state index is 13.5. The number of nitrogens with zero attached hydrogens (tertiary/aromatic N) is 4. The molecular formula is C25H25ClF2N4O6. The van der Waals surface area contributed by atoms with Crippen molar-refractivity contribution in [2.45, 2.75) is 32.5 Å². The highest BCUT2D eigenvalue weighted by Gasteiger charge is 2.26. The smallest absolute Gasteiger partial charge is 0.394 e. The molecule has 0 saturated heterocycles. The predicted octanol–water partition coefficient (Wildman–Crippen LogP) is 3.77. The van der Waals surface area contributed by atoms with E-state index in [0.29, 0.717) is 11.9 Å². The van der Waals surface area contributed by atoms with Crippen molar-refractivity contribution < 1.29 is 28.1 Å². The maximum Gasteiger partial charge on any atom is 0.394 e. The molecule has 0 amide bonds. The minimum Gasteiger partial charge on any atom is -0.493 e. The van der Waals surface area contributed by atoms with Crippen molar-refractivity contribution in [2.75, 3.05) is 13.7 Å². The number of benzene rings is 2. The third-order valence-electron chi connectivity index (χ3n) is 5.62. The van der Waals surface area contributed by atoms with Crippen LogP contribution in [0.3, 0.4) is 0 Å². The van der Waals surface area contributed by atoms with Crippen LogP contribution in [0.25, 0.3) is 11.2 Å².